The van der Waals surface area contributed by atoms with Crippen molar-refractivity contribution in [2.24, 2.45) is 0 Å². The number of nitrogens with one attached hydrogen (secondary N) is 3. The van der Waals surface area contributed by atoms with Gasteiger partial charge >= 0.3 is 0 Å². The molecule has 2 fully saturated rings. The predicted molar refractivity (Wildman–Crippen MR) is 144 cm³/mol. The van der Waals surface area contributed by atoms with Gasteiger partial charge in [-0.1, -0.05) is 48.1 Å². The van der Waals surface area contributed by atoms with Crippen LogP contribution in [0.2, 0.25) is 0 Å². The first-order valence-corrected chi connectivity index (χ1v) is 13.0. The van der Waals surface area contributed by atoms with Gasteiger partial charge in [0, 0.05) is 65.3 Å². The topological polar surface area (TPSA) is 42.6 Å². The van der Waals surface area contributed by atoms with Crippen LogP contribution >= 0.6 is 11.6 Å². The predicted octanol–water partition coefficient (Wildman–Crippen LogP) is 3.70. The zero-order valence-electron chi connectivity index (χ0n) is 21.0. The van der Waals surface area contributed by atoms with E-state index in [1.165, 1.54) is 36.2 Å². The number of halogens is 1. The molecule has 0 amide bonds. The highest BCUT2D eigenvalue weighted by molar-refractivity contribution is 6.15. The molecule has 184 valence electrons. The maximum Gasteiger partial charge on any atom is 0.0639 e. The highest BCUT2D eigenvalue weighted by Gasteiger charge is 2.29. The SMILES string of the molecule is C/C=C(\C)CN1CCNCC1.CCl.Cc1ccccc1C(C1C=CC=CN1)N1CCNCC1. The van der Waals surface area contributed by atoms with Gasteiger partial charge in [0.1, 0.15) is 0 Å². The van der Waals surface area contributed by atoms with E-state index in [0.29, 0.717) is 12.1 Å². The minimum Gasteiger partial charge on any atom is -0.383 e. The molecule has 33 heavy (non-hydrogen) atoms. The molecule has 2 atom stereocenters. The van der Waals surface area contributed by atoms with Crippen molar-refractivity contribution in [2.75, 3.05) is 65.3 Å². The smallest absolute Gasteiger partial charge is 0.0639 e. The number of hydrogen-bond acceptors (Lipinski definition) is 5. The third kappa shape index (κ3) is 9.26. The fraction of sp³-hybridized carbons (Fsp3) is 0.556. The van der Waals surface area contributed by atoms with Gasteiger partial charge in [-0.15, -0.1) is 11.6 Å². The maximum absolute atomic E-state index is 4.64. The summed E-state index contributed by atoms with van der Waals surface area (Å²) in [5, 5.41) is 10.3. The van der Waals surface area contributed by atoms with E-state index < -0.39 is 0 Å². The molecule has 0 saturated carbocycles. The van der Waals surface area contributed by atoms with Crippen LogP contribution in [0.5, 0.6) is 0 Å². The Balaban J connectivity index is 0.000000252. The van der Waals surface area contributed by atoms with Crippen LogP contribution in [0, 0.1) is 6.92 Å². The van der Waals surface area contributed by atoms with Crippen LogP contribution in [0.3, 0.4) is 0 Å². The number of hydrogen-bond donors (Lipinski definition) is 3. The summed E-state index contributed by atoms with van der Waals surface area (Å²) in [4.78, 5) is 5.09. The van der Waals surface area contributed by atoms with Crippen molar-refractivity contribution in [2.45, 2.75) is 32.9 Å². The second-order valence-electron chi connectivity index (χ2n) is 8.69. The van der Waals surface area contributed by atoms with Gasteiger partial charge in [0.2, 0.25) is 0 Å². The Labute approximate surface area is 206 Å². The van der Waals surface area contributed by atoms with E-state index in [0.717, 1.165) is 45.8 Å². The minimum absolute atomic E-state index is 0.346. The van der Waals surface area contributed by atoms with Crippen LogP contribution in [0.1, 0.15) is 31.0 Å². The van der Waals surface area contributed by atoms with Gasteiger partial charge in [-0.05, 0) is 44.2 Å². The van der Waals surface area contributed by atoms with Gasteiger partial charge < -0.3 is 16.0 Å². The van der Waals surface area contributed by atoms with Crippen LogP contribution in [0.4, 0.5) is 0 Å². The number of rotatable bonds is 5. The highest BCUT2D eigenvalue weighted by Crippen LogP contribution is 2.29. The van der Waals surface area contributed by atoms with E-state index in [4.69, 9.17) is 0 Å². The number of benzene rings is 1. The number of aryl methyl sites for hydroxylation is 1. The Morgan fingerprint density at radius 3 is 2.24 bits per heavy atom. The summed E-state index contributed by atoms with van der Waals surface area (Å²) in [7, 11) is 0. The second-order valence-corrected chi connectivity index (χ2v) is 8.69. The molecule has 5 nitrogen and oxygen atoms in total. The number of alkyl halides is 1. The fourth-order valence-electron chi connectivity index (χ4n) is 4.47. The van der Waals surface area contributed by atoms with Gasteiger partial charge in [0.05, 0.1) is 12.1 Å². The van der Waals surface area contributed by atoms with Crippen LogP contribution in [0.25, 0.3) is 0 Å². The molecule has 0 spiro atoms. The van der Waals surface area contributed by atoms with Gasteiger partial charge in [-0.25, -0.2) is 0 Å². The van der Waals surface area contributed by atoms with Gasteiger partial charge in [-0.3, -0.25) is 9.80 Å². The third-order valence-corrected chi connectivity index (χ3v) is 6.38. The van der Waals surface area contributed by atoms with Crippen LogP contribution in [-0.4, -0.2) is 81.1 Å². The molecule has 2 unspecified atom stereocenters. The number of dihydropyridines is 1. The first-order valence-electron chi connectivity index (χ1n) is 12.2. The molecule has 0 aromatic heterocycles. The summed E-state index contributed by atoms with van der Waals surface area (Å²) >= 11 is 4.64. The lowest BCUT2D eigenvalue weighted by Crippen LogP contribution is -2.50. The van der Waals surface area contributed by atoms with Crippen molar-refractivity contribution in [3.63, 3.8) is 0 Å². The molecule has 1 aromatic carbocycles. The summed E-state index contributed by atoms with van der Waals surface area (Å²) < 4.78 is 0. The average molecular weight is 474 g/mol. The fourth-order valence-corrected chi connectivity index (χ4v) is 4.47. The largest absolute Gasteiger partial charge is 0.383 e. The number of piperazine rings is 2. The number of nitrogens with zero attached hydrogens (tertiary/aromatic N) is 2. The van der Waals surface area contributed by atoms with E-state index in [1.807, 2.05) is 0 Å². The number of allylic oxidation sites excluding steroid dienone is 3. The lowest BCUT2D eigenvalue weighted by atomic mass is 9.92. The Morgan fingerprint density at radius 1 is 1.03 bits per heavy atom. The summed E-state index contributed by atoms with van der Waals surface area (Å²) in [6.45, 7) is 16.7. The highest BCUT2D eigenvalue weighted by atomic mass is 35.5. The molecule has 0 radical (unpaired) electrons. The lowest BCUT2D eigenvalue weighted by Gasteiger charge is -2.40. The van der Waals surface area contributed by atoms with Crippen LogP contribution in [-0.2, 0) is 0 Å². The minimum atomic E-state index is 0.346. The van der Waals surface area contributed by atoms with Gasteiger partial charge in [0.15, 0.2) is 0 Å². The quantitative estimate of drug-likeness (QED) is 0.449. The van der Waals surface area contributed by atoms with E-state index >= 15 is 0 Å². The van der Waals surface area contributed by atoms with E-state index in [9.17, 15) is 0 Å². The van der Waals surface area contributed by atoms with Crippen LogP contribution in [0.15, 0.2) is 60.3 Å². The molecule has 3 N–H and O–H groups in total. The Bertz CT molecular complexity index is 749. The molecule has 3 heterocycles. The monoisotopic (exact) mass is 473 g/mol. The van der Waals surface area contributed by atoms with Crippen LogP contribution < -0.4 is 16.0 Å². The van der Waals surface area contributed by atoms with Gasteiger partial charge in [0.25, 0.3) is 0 Å². The van der Waals surface area contributed by atoms with Crippen molar-refractivity contribution in [3.8, 4) is 0 Å². The molecule has 4 rings (SSSR count). The molecule has 0 bridgehead atoms. The maximum atomic E-state index is 4.64. The molecule has 6 heteroatoms. The van der Waals surface area contributed by atoms with Crippen molar-refractivity contribution in [3.05, 3.63) is 71.5 Å². The van der Waals surface area contributed by atoms with Crippen molar-refractivity contribution >= 4 is 11.6 Å². The van der Waals surface area contributed by atoms with Crippen molar-refractivity contribution < 1.29 is 0 Å². The Morgan fingerprint density at radius 2 is 1.67 bits per heavy atom. The molecule has 0 aliphatic carbocycles. The standard InChI is InChI=1S/C17H23N3.C9H18N2.CH3Cl/c1-14-6-2-3-7-15(14)17(16-8-4-5-9-19-16)20-12-10-18-11-13-20;1-3-9(2)8-11-6-4-10-5-7-11;1-2/h2-9,16-19H,10-13H2,1H3;3,10H,4-8H2,1-2H3;1H3/b;9-3+;. The third-order valence-electron chi connectivity index (χ3n) is 6.38. The molecular formula is C27H44ClN5. The molecule has 2 saturated heterocycles. The average Bonchev–Trinajstić information content (AvgIpc) is 2.89. The molecule has 3 aliphatic rings. The Kier molecular flexibility index (Phi) is 13.5. The molecule has 1 aromatic rings. The molecular weight excluding hydrogens is 430 g/mol. The zero-order valence-corrected chi connectivity index (χ0v) is 21.7. The normalized spacial score (nSPS) is 22.3. The van der Waals surface area contributed by atoms with Gasteiger partial charge in [-0.2, -0.15) is 0 Å². The summed E-state index contributed by atoms with van der Waals surface area (Å²) in [6, 6.07) is 9.51. The Hall–Kier alpha value is -1.63. The van der Waals surface area contributed by atoms with E-state index in [-0.39, 0.29) is 0 Å². The zero-order chi connectivity index (χ0) is 23.9. The first kappa shape index (κ1) is 27.6. The summed E-state index contributed by atoms with van der Waals surface area (Å²) in [6.07, 6.45) is 12.2. The molecule has 3 aliphatic heterocycles. The van der Waals surface area contributed by atoms with Crippen molar-refractivity contribution in [1.82, 2.24) is 25.8 Å². The lowest BCUT2D eigenvalue weighted by molar-refractivity contribution is 0.155. The van der Waals surface area contributed by atoms with Crippen molar-refractivity contribution in [1.29, 1.82) is 0 Å². The second kappa shape index (κ2) is 16.1. The first-order chi connectivity index (χ1) is 16.2. The van der Waals surface area contributed by atoms with E-state index in [1.54, 1.807) is 0 Å². The summed E-state index contributed by atoms with van der Waals surface area (Å²) in [5.41, 5.74) is 4.29. The van der Waals surface area contributed by atoms with E-state index in [2.05, 4.69) is 113 Å². The summed E-state index contributed by atoms with van der Waals surface area (Å²) in [5.74, 6) is 0.